The van der Waals surface area contributed by atoms with Crippen molar-refractivity contribution in [2.24, 2.45) is 5.92 Å². The monoisotopic (exact) mass is 248 g/mol. The Bertz CT molecular complexity index is 375. The molecule has 1 fully saturated rings. The summed E-state index contributed by atoms with van der Waals surface area (Å²) < 4.78 is 0. The van der Waals surface area contributed by atoms with E-state index >= 15 is 0 Å². The molecule has 0 radical (unpaired) electrons. The van der Waals surface area contributed by atoms with Crippen molar-refractivity contribution in [3.63, 3.8) is 0 Å². The zero-order chi connectivity index (χ0) is 12.8. The van der Waals surface area contributed by atoms with Crippen LogP contribution in [-0.4, -0.2) is 30.6 Å². The Balaban J connectivity index is 1.78. The van der Waals surface area contributed by atoms with Crippen molar-refractivity contribution < 1.29 is 9.90 Å². The van der Waals surface area contributed by atoms with Crippen molar-refractivity contribution in [3.05, 3.63) is 35.9 Å². The molecule has 4 heteroatoms. The number of carbonyl (C=O) groups excluding carboxylic acids is 1. The molecule has 1 aliphatic rings. The van der Waals surface area contributed by atoms with E-state index in [4.69, 9.17) is 0 Å². The van der Waals surface area contributed by atoms with E-state index in [1.165, 1.54) is 0 Å². The molecule has 2 atom stereocenters. The molecule has 0 aromatic heterocycles. The summed E-state index contributed by atoms with van der Waals surface area (Å²) in [7, 11) is 0. The number of amides is 1. The predicted octanol–water partition coefficient (Wildman–Crippen LogP) is 0.836. The lowest BCUT2D eigenvalue weighted by atomic mass is 9.98. The third-order valence-corrected chi connectivity index (χ3v) is 3.32. The van der Waals surface area contributed by atoms with Crippen LogP contribution >= 0.6 is 0 Å². The molecular formula is C14H20N2O2. The highest BCUT2D eigenvalue weighted by atomic mass is 16.3. The second kappa shape index (κ2) is 6.52. The van der Waals surface area contributed by atoms with Gasteiger partial charge in [0.15, 0.2) is 0 Å². The normalized spacial score (nSPS) is 21.3. The zero-order valence-electron chi connectivity index (χ0n) is 10.4. The van der Waals surface area contributed by atoms with Crippen LogP contribution in [0, 0.1) is 5.92 Å². The summed E-state index contributed by atoms with van der Waals surface area (Å²) in [6.45, 7) is 2.02. The van der Waals surface area contributed by atoms with E-state index < -0.39 is 6.10 Å². The number of aliphatic hydroxyl groups excluding tert-OH is 1. The van der Waals surface area contributed by atoms with E-state index in [2.05, 4.69) is 10.6 Å². The first-order valence-electron chi connectivity index (χ1n) is 6.49. The molecular weight excluding hydrogens is 228 g/mol. The van der Waals surface area contributed by atoms with Gasteiger partial charge in [0.25, 0.3) is 0 Å². The average Bonchev–Trinajstić information content (AvgIpc) is 2.46. The van der Waals surface area contributed by atoms with Gasteiger partial charge in [0, 0.05) is 13.1 Å². The van der Waals surface area contributed by atoms with Gasteiger partial charge in [0.05, 0.1) is 12.0 Å². The molecule has 4 nitrogen and oxygen atoms in total. The molecule has 1 aromatic rings. The van der Waals surface area contributed by atoms with Gasteiger partial charge in [-0.25, -0.2) is 0 Å². The average molecular weight is 248 g/mol. The third-order valence-electron chi connectivity index (χ3n) is 3.32. The van der Waals surface area contributed by atoms with Crippen molar-refractivity contribution in [3.8, 4) is 0 Å². The van der Waals surface area contributed by atoms with Crippen LogP contribution in [0.4, 0.5) is 0 Å². The summed E-state index contributed by atoms with van der Waals surface area (Å²) >= 11 is 0. The molecule has 3 N–H and O–H groups in total. The van der Waals surface area contributed by atoms with Gasteiger partial charge in [-0.2, -0.15) is 0 Å². The number of hydrogen-bond acceptors (Lipinski definition) is 3. The summed E-state index contributed by atoms with van der Waals surface area (Å²) in [5.41, 5.74) is 0.833. The summed E-state index contributed by atoms with van der Waals surface area (Å²) in [6, 6.07) is 9.39. The molecule has 1 unspecified atom stereocenters. The number of benzene rings is 1. The lowest BCUT2D eigenvalue weighted by Gasteiger charge is -2.22. The topological polar surface area (TPSA) is 61.4 Å². The lowest BCUT2D eigenvalue weighted by Crippen LogP contribution is -2.41. The van der Waals surface area contributed by atoms with E-state index in [-0.39, 0.29) is 18.4 Å². The summed E-state index contributed by atoms with van der Waals surface area (Å²) in [4.78, 5) is 11.9. The van der Waals surface area contributed by atoms with Crippen molar-refractivity contribution in [2.75, 3.05) is 19.6 Å². The van der Waals surface area contributed by atoms with E-state index in [9.17, 15) is 9.90 Å². The molecule has 2 rings (SSSR count). The van der Waals surface area contributed by atoms with Gasteiger partial charge in [0.1, 0.15) is 0 Å². The number of piperidine rings is 1. The van der Waals surface area contributed by atoms with Gasteiger partial charge in [-0.1, -0.05) is 30.3 Å². The minimum atomic E-state index is -0.633. The minimum absolute atomic E-state index is 0.0391. The number of hydrogen-bond donors (Lipinski definition) is 3. The number of carbonyl (C=O) groups is 1. The Morgan fingerprint density at radius 2 is 2.22 bits per heavy atom. The third kappa shape index (κ3) is 3.55. The lowest BCUT2D eigenvalue weighted by molar-refractivity contribution is -0.125. The largest absolute Gasteiger partial charge is 0.387 e. The molecule has 1 aliphatic heterocycles. The molecule has 1 saturated heterocycles. The van der Waals surface area contributed by atoms with Crippen LogP contribution in [0.15, 0.2) is 30.3 Å². The molecule has 1 aromatic carbocycles. The standard InChI is InChI=1S/C14H20N2O2/c17-13(11-5-2-1-3-6-11)10-16-14(18)12-7-4-8-15-9-12/h1-3,5-6,12-13,15,17H,4,7-10H2,(H,16,18)/t12-,13?/m0/s1. The maximum Gasteiger partial charge on any atom is 0.224 e. The Kier molecular flexibility index (Phi) is 4.73. The van der Waals surface area contributed by atoms with Gasteiger partial charge in [-0.15, -0.1) is 0 Å². The molecule has 1 amide bonds. The van der Waals surface area contributed by atoms with E-state index in [0.29, 0.717) is 0 Å². The van der Waals surface area contributed by atoms with E-state index in [0.717, 1.165) is 31.5 Å². The Labute approximate surface area is 107 Å². The number of nitrogens with one attached hydrogen (secondary N) is 2. The summed E-state index contributed by atoms with van der Waals surface area (Å²) in [5.74, 6) is 0.0823. The van der Waals surface area contributed by atoms with Crippen molar-refractivity contribution >= 4 is 5.91 Å². The summed E-state index contributed by atoms with van der Waals surface area (Å²) in [6.07, 6.45) is 1.34. The SMILES string of the molecule is O=C(NCC(O)c1ccccc1)[C@H]1CCCNC1. The second-order valence-corrected chi connectivity index (χ2v) is 4.71. The highest BCUT2D eigenvalue weighted by Crippen LogP contribution is 2.12. The molecule has 1 heterocycles. The van der Waals surface area contributed by atoms with Crippen molar-refractivity contribution in [1.29, 1.82) is 0 Å². The molecule has 18 heavy (non-hydrogen) atoms. The molecule has 98 valence electrons. The Hall–Kier alpha value is -1.39. The van der Waals surface area contributed by atoms with Gasteiger partial charge in [0.2, 0.25) is 5.91 Å². The second-order valence-electron chi connectivity index (χ2n) is 4.71. The minimum Gasteiger partial charge on any atom is -0.387 e. The number of rotatable bonds is 4. The van der Waals surface area contributed by atoms with E-state index in [1.807, 2.05) is 30.3 Å². The first kappa shape index (κ1) is 13.1. The molecule has 0 saturated carbocycles. The van der Waals surface area contributed by atoms with Crippen LogP contribution in [0.5, 0.6) is 0 Å². The molecule has 0 aliphatic carbocycles. The first-order valence-corrected chi connectivity index (χ1v) is 6.49. The molecule has 0 spiro atoms. The maximum atomic E-state index is 11.9. The fourth-order valence-corrected chi connectivity index (χ4v) is 2.21. The fourth-order valence-electron chi connectivity index (χ4n) is 2.21. The van der Waals surface area contributed by atoms with Crippen molar-refractivity contribution in [1.82, 2.24) is 10.6 Å². The quantitative estimate of drug-likeness (QED) is 0.740. The molecule has 0 bridgehead atoms. The smallest absolute Gasteiger partial charge is 0.224 e. The van der Waals surface area contributed by atoms with Gasteiger partial charge < -0.3 is 15.7 Å². The van der Waals surface area contributed by atoms with E-state index in [1.54, 1.807) is 0 Å². The van der Waals surface area contributed by atoms with Gasteiger partial charge in [-0.05, 0) is 24.9 Å². The fraction of sp³-hybridized carbons (Fsp3) is 0.500. The highest BCUT2D eigenvalue weighted by Gasteiger charge is 2.21. The predicted molar refractivity (Wildman–Crippen MR) is 70.0 cm³/mol. The van der Waals surface area contributed by atoms with Crippen LogP contribution in [0.2, 0.25) is 0 Å². The van der Waals surface area contributed by atoms with Crippen molar-refractivity contribution in [2.45, 2.75) is 18.9 Å². The van der Waals surface area contributed by atoms with Crippen LogP contribution in [-0.2, 0) is 4.79 Å². The van der Waals surface area contributed by atoms with Crippen LogP contribution in [0.25, 0.3) is 0 Å². The zero-order valence-corrected chi connectivity index (χ0v) is 10.4. The van der Waals surface area contributed by atoms with Crippen LogP contribution in [0.1, 0.15) is 24.5 Å². The highest BCUT2D eigenvalue weighted by molar-refractivity contribution is 5.79. The summed E-state index contributed by atoms with van der Waals surface area (Å²) in [5, 5.41) is 16.0. The Morgan fingerprint density at radius 3 is 2.89 bits per heavy atom. The van der Waals surface area contributed by atoms with Gasteiger partial charge >= 0.3 is 0 Å². The van der Waals surface area contributed by atoms with Gasteiger partial charge in [-0.3, -0.25) is 4.79 Å². The Morgan fingerprint density at radius 1 is 1.44 bits per heavy atom. The van der Waals surface area contributed by atoms with Crippen LogP contribution < -0.4 is 10.6 Å². The number of aliphatic hydroxyl groups is 1. The first-order chi connectivity index (χ1) is 8.77. The maximum absolute atomic E-state index is 11.9. The van der Waals surface area contributed by atoms with Crippen LogP contribution in [0.3, 0.4) is 0 Å².